The van der Waals surface area contributed by atoms with Gasteiger partial charge in [-0.25, -0.2) is 19.5 Å². The van der Waals surface area contributed by atoms with Crippen molar-refractivity contribution in [3.63, 3.8) is 0 Å². The molecule has 0 aliphatic carbocycles. The Labute approximate surface area is 216 Å². The van der Waals surface area contributed by atoms with Crippen molar-refractivity contribution in [2.24, 2.45) is 0 Å². The summed E-state index contributed by atoms with van der Waals surface area (Å²) in [5.41, 5.74) is 2.65. The molecule has 13 heteroatoms. The number of methoxy groups -OCH3 is 1. The van der Waals surface area contributed by atoms with E-state index in [-0.39, 0.29) is 17.0 Å². The summed E-state index contributed by atoms with van der Waals surface area (Å²) < 4.78 is 55.3. The molecule has 0 bridgehead atoms. The summed E-state index contributed by atoms with van der Waals surface area (Å²) in [5.74, 6) is 0.199. The number of rotatable bonds is 9. The van der Waals surface area contributed by atoms with E-state index in [1.54, 1.807) is 11.2 Å². The molecule has 9 nitrogen and oxygen atoms in total. The Morgan fingerprint density at radius 1 is 1.13 bits per heavy atom. The number of nitrogen functional groups attached to an aromatic ring is 1. The van der Waals surface area contributed by atoms with Crippen molar-refractivity contribution in [3.8, 4) is 17.1 Å². The van der Waals surface area contributed by atoms with Gasteiger partial charge in [0.2, 0.25) is 0 Å². The average molecular weight is 537 g/mol. The molecule has 38 heavy (non-hydrogen) atoms. The Hall–Kier alpha value is -4.29. The molecule has 0 saturated heterocycles. The monoisotopic (exact) mass is 536 g/mol. The number of benzene rings is 1. The molecule has 0 amide bonds. The molecule has 0 atom stereocenters. The highest BCUT2D eigenvalue weighted by Crippen LogP contribution is 2.29. The maximum atomic E-state index is 14.4. The normalized spacial score (nSPS) is 11.1. The summed E-state index contributed by atoms with van der Waals surface area (Å²) in [6.07, 6.45) is 6.76. The number of ether oxygens (including phenoxy) is 1. The van der Waals surface area contributed by atoms with Crippen molar-refractivity contribution in [1.82, 2.24) is 25.1 Å². The van der Waals surface area contributed by atoms with Gasteiger partial charge in [-0.3, -0.25) is 9.59 Å². The molecule has 3 N–H and O–H groups in total. The number of aldehydes is 1. The van der Waals surface area contributed by atoms with E-state index in [1.165, 1.54) is 32.0 Å². The van der Waals surface area contributed by atoms with Crippen LogP contribution >= 0.6 is 0 Å². The topological polar surface area (TPSA) is 127 Å². The number of aromatic nitrogens is 4. The molecular weight excluding hydrogens is 508 g/mol. The maximum Gasteiger partial charge on any atom is 0.423 e. The molecule has 204 valence electrons. The Morgan fingerprint density at radius 3 is 2.34 bits per heavy atom. The molecule has 0 fully saturated rings. The van der Waals surface area contributed by atoms with Gasteiger partial charge in [-0.15, -0.1) is 0 Å². The van der Waals surface area contributed by atoms with Crippen molar-refractivity contribution in [2.45, 2.75) is 32.4 Å². The Kier molecular flexibility index (Phi) is 10.9. The second-order valence-electron chi connectivity index (χ2n) is 8.06. The second-order valence-corrected chi connectivity index (χ2v) is 8.06. The standard InChI is InChI=1S/C20H24FN3O2.C5H4F3N3O/c1-4-5-6-8-24(2)9-7-15-10-18(19(21)11-16(15)14-25)20-22-12-17(26-3)13-23-20;6-5(7,8)3-2(9)1-10-11-4(3)12/h7,9-14H,4-6,8H2,1-3H3;1H,(H3,9,11,12)/b9-7-;. The van der Waals surface area contributed by atoms with Crippen molar-refractivity contribution in [2.75, 3.05) is 26.4 Å². The van der Waals surface area contributed by atoms with Gasteiger partial charge in [0, 0.05) is 19.2 Å². The lowest BCUT2D eigenvalue weighted by Crippen LogP contribution is -2.24. The van der Waals surface area contributed by atoms with Gasteiger partial charge in [0.1, 0.15) is 11.4 Å². The molecule has 1 aromatic carbocycles. The number of nitrogens with zero attached hydrogens (tertiary/aromatic N) is 4. The van der Waals surface area contributed by atoms with E-state index < -0.39 is 28.8 Å². The molecule has 2 heterocycles. The van der Waals surface area contributed by atoms with E-state index in [0.29, 0.717) is 17.6 Å². The molecule has 3 rings (SSSR count). The molecular formula is C25H28F4N6O3. The second kappa shape index (κ2) is 13.9. The third kappa shape index (κ3) is 8.39. The summed E-state index contributed by atoms with van der Waals surface area (Å²) in [4.78, 5) is 32.2. The molecule has 0 spiro atoms. The quantitative estimate of drug-likeness (QED) is 0.231. The number of anilines is 1. The predicted octanol–water partition coefficient (Wildman–Crippen LogP) is 4.57. The van der Waals surface area contributed by atoms with Gasteiger partial charge >= 0.3 is 6.18 Å². The van der Waals surface area contributed by atoms with Crippen LogP contribution in [-0.4, -0.2) is 52.1 Å². The number of H-pyrrole nitrogens is 1. The minimum atomic E-state index is -4.74. The number of alkyl halides is 3. The van der Waals surface area contributed by atoms with Crippen LogP contribution in [0.2, 0.25) is 0 Å². The van der Waals surface area contributed by atoms with Gasteiger partial charge < -0.3 is 15.4 Å². The van der Waals surface area contributed by atoms with Gasteiger partial charge in [-0.2, -0.15) is 18.3 Å². The van der Waals surface area contributed by atoms with Crippen LogP contribution in [-0.2, 0) is 6.18 Å². The van der Waals surface area contributed by atoms with Crippen LogP contribution in [0.5, 0.6) is 5.75 Å². The van der Waals surface area contributed by atoms with E-state index in [1.807, 2.05) is 19.3 Å². The number of nitrogens with one attached hydrogen (secondary N) is 1. The fraction of sp³-hybridized carbons (Fsp3) is 0.320. The predicted molar refractivity (Wildman–Crippen MR) is 135 cm³/mol. The number of aromatic amines is 1. The number of carbonyl (C=O) groups excluding carboxylic acids is 1. The molecule has 3 aromatic rings. The van der Waals surface area contributed by atoms with E-state index >= 15 is 0 Å². The van der Waals surface area contributed by atoms with Crippen molar-refractivity contribution in [1.29, 1.82) is 0 Å². The molecule has 0 aliphatic heterocycles. The SMILES string of the molecule is CCCCCN(C)/C=C\c1cc(-c2ncc(OC)cn2)c(F)cc1C=O.Nc1cn[nH]c(=O)c1C(F)(F)F. The third-order valence-corrected chi connectivity index (χ3v) is 5.20. The first kappa shape index (κ1) is 29.9. The Balaban J connectivity index is 0.000000352. The molecule has 0 radical (unpaired) electrons. The van der Waals surface area contributed by atoms with Crippen LogP contribution in [0.3, 0.4) is 0 Å². The highest BCUT2D eigenvalue weighted by Gasteiger charge is 2.36. The molecule has 2 aromatic heterocycles. The zero-order chi connectivity index (χ0) is 28.3. The molecule has 0 saturated carbocycles. The van der Waals surface area contributed by atoms with E-state index in [2.05, 4.69) is 26.9 Å². The smallest absolute Gasteiger partial charge is 0.423 e. The van der Waals surface area contributed by atoms with Crippen LogP contribution in [0.4, 0.5) is 23.2 Å². The van der Waals surface area contributed by atoms with E-state index in [4.69, 9.17) is 10.5 Å². The fourth-order valence-corrected chi connectivity index (χ4v) is 3.18. The number of hydrogen-bond donors (Lipinski definition) is 2. The average Bonchev–Trinajstić information content (AvgIpc) is 2.87. The van der Waals surface area contributed by atoms with Crippen LogP contribution in [0.25, 0.3) is 17.5 Å². The number of halogens is 4. The minimum absolute atomic E-state index is 0.242. The third-order valence-electron chi connectivity index (χ3n) is 5.20. The lowest BCUT2D eigenvalue weighted by Gasteiger charge is -2.13. The highest BCUT2D eigenvalue weighted by molar-refractivity contribution is 5.84. The van der Waals surface area contributed by atoms with Gasteiger partial charge in [0.15, 0.2) is 17.9 Å². The number of nitrogens with two attached hydrogens (primary N) is 1. The summed E-state index contributed by atoms with van der Waals surface area (Å²) in [6, 6.07) is 2.81. The summed E-state index contributed by atoms with van der Waals surface area (Å²) in [6.45, 7) is 3.09. The number of unbranched alkanes of at least 4 members (excludes halogenated alkanes) is 2. The Bertz CT molecular complexity index is 1290. The molecule has 0 unspecified atom stereocenters. The first-order chi connectivity index (χ1) is 18.0. The maximum absolute atomic E-state index is 14.4. The van der Waals surface area contributed by atoms with Crippen LogP contribution in [0.15, 0.2) is 41.7 Å². The van der Waals surface area contributed by atoms with Crippen LogP contribution in [0.1, 0.15) is 47.7 Å². The zero-order valence-corrected chi connectivity index (χ0v) is 21.1. The Morgan fingerprint density at radius 2 is 1.82 bits per heavy atom. The van der Waals surface area contributed by atoms with E-state index in [0.717, 1.165) is 25.6 Å². The van der Waals surface area contributed by atoms with E-state index in [9.17, 15) is 27.2 Å². The first-order valence-corrected chi connectivity index (χ1v) is 11.5. The van der Waals surface area contributed by atoms with Crippen LogP contribution in [0, 0.1) is 5.82 Å². The van der Waals surface area contributed by atoms with Crippen molar-refractivity contribution in [3.05, 3.63) is 69.8 Å². The minimum Gasteiger partial charge on any atom is -0.494 e. The number of hydrogen-bond acceptors (Lipinski definition) is 8. The number of carbonyl (C=O) groups is 1. The van der Waals surface area contributed by atoms with Gasteiger partial charge in [0.05, 0.1) is 37.0 Å². The van der Waals surface area contributed by atoms with Gasteiger partial charge in [-0.1, -0.05) is 19.8 Å². The lowest BCUT2D eigenvalue weighted by atomic mass is 10.0. The van der Waals surface area contributed by atoms with Gasteiger partial charge in [-0.05, 0) is 36.4 Å². The van der Waals surface area contributed by atoms with Gasteiger partial charge in [0.25, 0.3) is 5.56 Å². The summed E-state index contributed by atoms with van der Waals surface area (Å²) >= 11 is 0. The zero-order valence-electron chi connectivity index (χ0n) is 21.1. The summed E-state index contributed by atoms with van der Waals surface area (Å²) in [5, 5.41) is 4.74. The first-order valence-electron chi connectivity index (χ1n) is 11.5. The highest BCUT2D eigenvalue weighted by atomic mass is 19.4. The van der Waals surface area contributed by atoms with Crippen molar-refractivity contribution >= 4 is 18.0 Å². The fourth-order valence-electron chi connectivity index (χ4n) is 3.18. The molecule has 0 aliphatic rings. The lowest BCUT2D eigenvalue weighted by molar-refractivity contribution is -0.138. The van der Waals surface area contributed by atoms with Crippen LogP contribution < -0.4 is 16.0 Å². The summed E-state index contributed by atoms with van der Waals surface area (Å²) in [7, 11) is 3.49. The van der Waals surface area contributed by atoms with Crippen molar-refractivity contribution < 1.29 is 27.1 Å². The largest absolute Gasteiger partial charge is 0.494 e.